The van der Waals surface area contributed by atoms with Gasteiger partial charge in [0, 0.05) is 29.2 Å². The first-order chi connectivity index (χ1) is 9.47. The summed E-state index contributed by atoms with van der Waals surface area (Å²) in [6.45, 7) is 4.52. The second-order valence-electron chi connectivity index (χ2n) is 5.50. The molecule has 20 heavy (non-hydrogen) atoms. The predicted octanol–water partition coefficient (Wildman–Crippen LogP) is 2.81. The molecular formula is C14H20ClN3O2. The number of nitrogens with zero attached hydrogens (tertiary/aromatic N) is 2. The van der Waals surface area contributed by atoms with Gasteiger partial charge in [0.25, 0.3) is 5.69 Å². The van der Waals surface area contributed by atoms with Crippen LogP contribution >= 0.6 is 11.6 Å². The van der Waals surface area contributed by atoms with Crippen LogP contribution in [-0.2, 0) is 6.54 Å². The second kappa shape index (κ2) is 6.52. The van der Waals surface area contributed by atoms with Crippen molar-refractivity contribution < 1.29 is 4.92 Å². The maximum absolute atomic E-state index is 11.1. The van der Waals surface area contributed by atoms with Gasteiger partial charge in [-0.25, -0.2) is 0 Å². The lowest BCUT2D eigenvalue weighted by atomic mass is 9.91. The van der Waals surface area contributed by atoms with E-state index in [2.05, 4.69) is 4.90 Å². The van der Waals surface area contributed by atoms with Gasteiger partial charge in [-0.2, -0.15) is 0 Å². The van der Waals surface area contributed by atoms with Crippen LogP contribution in [0.4, 0.5) is 5.69 Å². The van der Waals surface area contributed by atoms with Crippen LogP contribution in [0.3, 0.4) is 0 Å². The van der Waals surface area contributed by atoms with Crippen molar-refractivity contribution in [3.8, 4) is 0 Å². The summed E-state index contributed by atoms with van der Waals surface area (Å²) in [6, 6.07) is 5.10. The number of piperidine rings is 1. The Morgan fingerprint density at radius 3 is 2.70 bits per heavy atom. The van der Waals surface area contributed by atoms with Crippen molar-refractivity contribution in [1.29, 1.82) is 0 Å². The number of nitrogens with two attached hydrogens (primary N) is 1. The molecule has 2 N–H and O–H groups in total. The maximum atomic E-state index is 11.1. The summed E-state index contributed by atoms with van der Waals surface area (Å²) in [6.07, 6.45) is 2.11. The highest BCUT2D eigenvalue weighted by atomic mass is 35.5. The van der Waals surface area contributed by atoms with Crippen molar-refractivity contribution >= 4 is 17.3 Å². The van der Waals surface area contributed by atoms with Gasteiger partial charge in [0.05, 0.1) is 4.92 Å². The van der Waals surface area contributed by atoms with Crippen molar-refractivity contribution in [2.45, 2.75) is 32.4 Å². The first kappa shape index (κ1) is 15.2. The molecule has 0 radical (unpaired) electrons. The Bertz CT molecular complexity index is 485. The maximum Gasteiger partial charge on any atom is 0.275 e. The Hall–Kier alpha value is -1.17. The number of nitro benzene ring substituents is 1. The van der Waals surface area contributed by atoms with Crippen LogP contribution in [0.25, 0.3) is 0 Å². The summed E-state index contributed by atoms with van der Waals surface area (Å²) in [5.74, 6) is 0.562. The third kappa shape index (κ3) is 3.69. The summed E-state index contributed by atoms with van der Waals surface area (Å²) >= 11 is 5.83. The van der Waals surface area contributed by atoms with Gasteiger partial charge in [-0.1, -0.05) is 11.6 Å². The van der Waals surface area contributed by atoms with E-state index in [4.69, 9.17) is 17.3 Å². The quantitative estimate of drug-likeness (QED) is 0.685. The molecule has 1 unspecified atom stereocenters. The summed E-state index contributed by atoms with van der Waals surface area (Å²) in [5.41, 5.74) is 6.75. The third-order valence-electron chi connectivity index (χ3n) is 4.01. The lowest BCUT2D eigenvalue weighted by molar-refractivity contribution is -0.385. The van der Waals surface area contributed by atoms with E-state index in [1.807, 2.05) is 6.92 Å². The molecule has 5 nitrogen and oxygen atoms in total. The molecule has 1 aliphatic rings. The van der Waals surface area contributed by atoms with Crippen molar-refractivity contribution in [2.24, 2.45) is 11.7 Å². The van der Waals surface area contributed by atoms with Crippen molar-refractivity contribution in [2.75, 3.05) is 13.1 Å². The monoisotopic (exact) mass is 297 g/mol. The van der Waals surface area contributed by atoms with Gasteiger partial charge in [-0.3, -0.25) is 15.0 Å². The van der Waals surface area contributed by atoms with E-state index in [1.54, 1.807) is 12.1 Å². The van der Waals surface area contributed by atoms with Crippen LogP contribution in [-0.4, -0.2) is 29.0 Å². The Labute approximate surface area is 123 Å². The van der Waals surface area contributed by atoms with E-state index in [-0.39, 0.29) is 16.7 Å². The summed E-state index contributed by atoms with van der Waals surface area (Å²) in [7, 11) is 0. The number of rotatable bonds is 4. The Kier molecular flexibility index (Phi) is 4.96. The lowest BCUT2D eigenvalue weighted by Crippen LogP contribution is -2.39. The molecule has 1 saturated heterocycles. The van der Waals surface area contributed by atoms with Crippen LogP contribution in [0.2, 0.25) is 5.02 Å². The van der Waals surface area contributed by atoms with Crippen LogP contribution < -0.4 is 5.73 Å². The molecule has 0 saturated carbocycles. The van der Waals surface area contributed by atoms with Gasteiger partial charge in [0.1, 0.15) is 0 Å². The van der Waals surface area contributed by atoms with Gasteiger partial charge >= 0.3 is 0 Å². The number of likely N-dealkylation sites (tertiary alicyclic amines) is 1. The Balaban J connectivity index is 2.03. The molecule has 1 aliphatic heterocycles. The van der Waals surface area contributed by atoms with Gasteiger partial charge < -0.3 is 5.73 Å². The Morgan fingerprint density at radius 1 is 1.50 bits per heavy atom. The standard InChI is InChI=1S/C14H20ClN3O2/c1-10(16)11-4-6-17(7-5-11)9-12-2-3-13(15)8-14(12)18(19)20/h2-3,8,10-11H,4-7,9,16H2,1H3. The van der Waals surface area contributed by atoms with Gasteiger partial charge in [0.2, 0.25) is 0 Å². The predicted molar refractivity (Wildman–Crippen MR) is 79.8 cm³/mol. The molecule has 0 aliphatic carbocycles. The second-order valence-corrected chi connectivity index (χ2v) is 5.94. The summed E-state index contributed by atoms with van der Waals surface area (Å²) in [4.78, 5) is 12.9. The average Bonchev–Trinajstić information content (AvgIpc) is 2.41. The zero-order valence-electron chi connectivity index (χ0n) is 11.6. The van der Waals surface area contributed by atoms with Crippen LogP contribution in [0.15, 0.2) is 18.2 Å². The molecule has 1 heterocycles. The van der Waals surface area contributed by atoms with Gasteiger partial charge in [-0.05, 0) is 50.9 Å². The zero-order valence-corrected chi connectivity index (χ0v) is 12.3. The fourth-order valence-electron chi connectivity index (χ4n) is 2.72. The summed E-state index contributed by atoms with van der Waals surface area (Å²) < 4.78 is 0. The Morgan fingerprint density at radius 2 is 2.15 bits per heavy atom. The number of hydrogen-bond acceptors (Lipinski definition) is 4. The molecule has 6 heteroatoms. The van der Waals surface area contributed by atoms with E-state index in [0.29, 0.717) is 17.5 Å². The minimum absolute atomic E-state index is 0.104. The smallest absolute Gasteiger partial charge is 0.275 e. The lowest BCUT2D eigenvalue weighted by Gasteiger charge is -2.33. The van der Waals surface area contributed by atoms with E-state index < -0.39 is 0 Å². The fraction of sp³-hybridized carbons (Fsp3) is 0.571. The van der Waals surface area contributed by atoms with Crippen LogP contribution in [0.1, 0.15) is 25.3 Å². The third-order valence-corrected chi connectivity index (χ3v) is 4.25. The van der Waals surface area contributed by atoms with Gasteiger partial charge in [0.15, 0.2) is 0 Å². The molecule has 0 aromatic heterocycles. The largest absolute Gasteiger partial charge is 0.328 e. The zero-order chi connectivity index (χ0) is 14.7. The highest BCUT2D eigenvalue weighted by molar-refractivity contribution is 6.30. The first-order valence-corrected chi connectivity index (χ1v) is 7.26. The van der Waals surface area contributed by atoms with Crippen LogP contribution in [0.5, 0.6) is 0 Å². The molecule has 0 amide bonds. The molecule has 0 bridgehead atoms. The number of halogens is 1. The highest BCUT2D eigenvalue weighted by Gasteiger charge is 2.24. The minimum Gasteiger partial charge on any atom is -0.328 e. The topological polar surface area (TPSA) is 72.4 Å². The highest BCUT2D eigenvalue weighted by Crippen LogP contribution is 2.27. The molecule has 1 aromatic carbocycles. The molecule has 0 spiro atoms. The fourth-order valence-corrected chi connectivity index (χ4v) is 2.88. The van der Waals surface area contributed by atoms with E-state index in [1.165, 1.54) is 6.07 Å². The van der Waals surface area contributed by atoms with E-state index in [9.17, 15) is 10.1 Å². The molecule has 1 aromatic rings. The van der Waals surface area contributed by atoms with E-state index in [0.717, 1.165) is 31.5 Å². The SMILES string of the molecule is CC(N)C1CCN(Cc2ccc(Cl)cc2[N+](=O)[O-])CC1. The summed E-state index contributed by atoms with van der Waals surface area (Å²) in [5, 5.41) is 11.5. The number of nitro groups is 1. The van der Waals surface area contributed by atoms with Gasteiger partial charge in [-0.15, -0.1) is 0 Å². The van der Waals surface area contributed by atoms with Crippen molar-refractivity contribution in [1.82, 2.24) is 4.90 Å². The average molecular weight is 298 g/mol. The molecule has 110 valence electrons. The number of hydrogen-bond donors (Lipinski definition) is 1. The van der Waals surface area contributed by atoms with E-state index >= 15 is 0 Å². The van der Waals surface area contributed by atoms with Crippen molar-refractivity contribution in [3.05, 3.63) is 38.9 Å². The van der Waals surface area contributed by atoms with Crippen LogP contribution in [0, 0.1) is 16.0 Å². The number of benzene rings is 1. The molecule has 1 atom stereocenters. The molecule has 1 fully saturated rings. The van der Waals surface area contributed by atoms with Crippen molar-refractivity contribution in [3.63, 3.8) is 0 Å². The normalized spacial score (nSPS) is 18.9. The minimum atomic E-state index is -0.365. The molecular weight excluding hydrogens is 278 g/mol. The molecule has 2 rings (SSSR count). The first-order valence-electron chi connectivity index (χ1n) is 6.88.